The first-order chi connectivity index (χ1) is 12.5. The summed E-state index contributed by atoms with van der Waals surface area (Å²) in [6.07, 6.45) is 0.0433. The summed E-state index contributed by atoms with van der Waals surface area (Å²) < 4.78 is 15.5. The normalized spacial score (nSPS) is 10.1. The average molecular weight is 378 g/mol. The minimum Gasteiger partial charge on any atom is -0.495 e. The maximum absolute atomic E-state index is 11.9. The van der Waals surface area contributed by atoms with Crippen molar-refractivity contribution < 1.29 is 23.8 Å². The van der Waals surface area contributed by atoms with E-state index in [0.717, 1.165) is 5.56 Å². The summed E-state index contributed by atoms with van der Waals surface area (Å²) in [6.45, 7) is 1.75. The van der Waals surface area contributed by atoms with Gasteiger partial charge < -0.3 is 19.5 Å². The van der Waals surface area contributed by atoms with Crippen LogP contribution in [0.3, 0.4) is 0 Å². The zero-order chi connectivity index (χ0) is 18.9. The Hall–Kier alpha value is -2.73. The van der Waals surface area contributed by atoms with Gasteiger partial charge in [0.15, 0.2) is 6.61 Å². The number of amides is 1. The number of aryl methyl sites for hydroxylation is 1. The molecule has 2 aromatic rings. The Morgan fingerprint density at radius 1 is 1.12 bits per heavy atom. The minimum atomic E-state index is -0.523. The van der Waals surface area contributed by atoms with Crippen LogP contribution < -0.4 is 14.8 Å². The monoisotopic (exact) mass is 377 g/mol. The summed E-state index contributed by atoms with van der Waals surface area (Å²) in [5.74, 6) is 0.124. The van der Waals surface area contributed by atoms with E-state index in [-0.39, 0.29) is 13.0 Å². The smallest absolute Gasteiger partial charge is 0.309 e. The van der Waals surface area contributed by atoms with Gasteiger partial charge in [-0.1, -0.05) is 29.3 Å². The quantitative estimate of drug-likeness (QED) is 0.711. The van der Waals surface area contributed by atoms with Crippen LogP contribution >= 0.6 is 11.6 Å². The van der Waals surface area contributed by atoms with Gasteiger partial charge >= 0.3 is 5.97 Å². The molecule has 0 saturated carbocycles. The van der Waals surface area contributed by atoms with E-state index in [1.807, 2.05) is 31.2 Å². The third-order valence-electron chi connectivity index (χ3n) is 3.40. The third-order valence-corrected chi connectivity index (χ3v) is 3.63. The first kappa shape index (κ1) is 19.6. The molecule has 0 spiro atoms. The van der Waals surface area contributed by atoms with Crippen LogP contribution in [0, 0.1) is 6.92 Å². The Kier molecular flexibility index (Phi) is 7.29. The average Bonchev–Trinajstić information content (AvgIpc) is 2.62. The highest BCUT2D eigenvalue weighted by Crippen LogP contribution is 2.27. The number of methoxy groups -OCH3 is 1. The number of benzene rings is 2. The molecule has 0 aliphatic carbocycles. The fourth-order valence-electron chi connectivity index (χ4n) is 2.07. The molecule has 0 saturated heterocycles. The van der Waals surface area contributed by atoms with Crippen molar-refractivity contribution >= 4 is 29.2 Å². The van der Waals surface area contributed by atoms with Gasteiger partial charge in [-0.05, 0) is 37.3 Å². The summed E-state index contributed by atoms with van der Waals surface area (Å²) in [5.41, 5.74) is 1.53. The van der Waals surface area contributed by atoms with Crippen LogP contribution in [0.2, 0.25) is 5.02 Å². The summed E-state index contributed by atoms with van der Waals surface area (Å²) in [7, 11) is 1.48. The molecule has 0 bridgehead atoms. The summed E-state index contributed by atoms with van der Waals surface area (Å²) >= 11 is 5.89. The van der Waals surface area contributed by atoms with Crippen LogP contribution in [0.5, 0.6) is 11.5 Å². The number of carbonyl (C=O) groups excluding carboxylic acids is 2. The summed E-state index contributed by atoms with van der Waals surface area (Å²) in [6, 6.07) is 12.3. The van der Waals surface area contributed by atoms with Crippen LogP contribution in [-0.2, 0) is 14.3 Å². The highest BCUT2D eigenvalue weighted by molar-refractivity contribution is 6.31. The molecule has 138 valence electrons. The topological polar surface area (TPSA) is 73.9 Å². The molecule has 0 heterocycles. The van der Waals surface area contributed by atoms with Crippen molar-refractivity contribution in [2.45, 2.75) is 13.3 Å². The molecule has 0 fully saturated rings. The Morgan fingerprint density at radius 2 is 1.85 bits per heavy atom. The molecule has 0 unspecified atom stereocenters. The maximum Gasteiger partial charge on any atom is 0.309 e. The second-order valence-corrected chi connectivity index (χ2v) is 5.90. The number of halogens is 1. The van der Waals surface area contributed by atoms with Gasteiger partial charge in [-0.2, -0.15) is 0 Å². The highest BCUT2D eigenvalue weighted by atomic mass is 35.5. The molecule has 0 aliphatic heterocycles. The van der Waals surface area contributed by atoms with E-state index in [0.29, 0.717) is 22.2 Å². The predicted octanol–water partition coefficient (Wildman–Crippen LogP) is 3.61. The maximum atomic E-state index is 11.9. The van der Waals surface area contributed by atoms with E-state index >= 15 is 0 Å². The number of esters is 1. The van der Waals surface area contributed by atoms with Crippen LogP contribution in [0.25, 0.3) is 0 Å². The highest BCUT2D eigenvalue weighted by Gasteiger charge is 2.11. The first-order valence-corrected chi connectivity index (χ1v) is 8.34. The second-order valence-electron chi connectivity index (χ2n) is 5.46. The lowest BCUT2D eigenvalue weighted by molar-refractivity contribution is -0.147. The molecule has 1 N–H and O–H groups in total. The molecule has 0 aromatic heterocycles. The fourth-order valence-corrected chi connectivity index (χ4v) is 2.24. The molecular weight excluding hydrogens is 358 g/mol. The zero-order valence-electron chi connectivity index (χ0n) is 14.6. The summed E-state index contributed by atoms with van der Waals surface area (Å²) in [4.78, 5) is 23.6. The van der Waals surface area contributed by atoms with Gasteiger partial charge in [-0.15, -0.1) is 0 Å². The van der Waals surface area contributed by atoms with Crippen LogP contribution in [0.4, 0.5) is 5.69 Å². The van der Waals surface area contributed by atoms with Gasteiger partial charge in [0.1, 0.15) is 11.5 Å². The molecule has 2 rings (SSSR count). The first-order valence-electron chi connectivity index (χ1n) is 7.96. The SMILES string of the molecule is COc1ccc(Cl)cc1NC(=O)COC(=O)CCOc1ccc(C)cc1. The van der Waals surface area contributed by atoms with Gasteiger partial charge in [0.25, 0.3) is 5.91 Å². The third kappa shape index (κ3) is 6.29. The molecule has 1 amide bonds. The van der Waals surface area contributed by atoms with Gasteiger partial charge in [0, 0.05) is 5.02 Å². The van der Waals surface area contributed by atoms with Gasteiger partial charge in [-0.25, -0.2) is 0 Å². The molecule has 26 heavy (non-hydrogen) atoms. The Balaban J connectivity index is 1.72. The zero-order valence-corrected chi connectivity index (χ0v) is 15.3. The lowest BCUT2D eigenvalue weighted by atomic mass is 10.2. The fraction of sp³-hybridized carbons (Fsp3) is 0.263. The lowest BCUT2D eigenvalue weighted by Gasteiger charge is -2.11. The van der Waals surface area contributed by atoms with Crippen molar-refractivity contribution in [2.24, 2.45) is 0 Å². The number of nitrogens with one attached hydrogen (secondary N) is 1. The van der Waals surface area contributed by atoms with Crippen LogP contribution in [0.1, 0.15) is 12.0 Å². The van der Waals surface area contributed by atoms with Crippen molar-refractivity contribution in [3.05, 3.63) is 53.1 Å². The molecule has 2 aromatic carbocycles. The Morgan fingerprint density at radius 3 is 2.54 bits per heavy atom. The molecule has 0 atom stereocenters. The standard InChI is InChI=1S/C19H20ClNO5/c1-13-3-6-15(7-4-13)25-10-9-19(23)26-12-18(22)21-16-11-14(20)5-8-17(16)24-2/h3-8,11H,9-10,12H2,1-2H3,(H,21,22). The lowest BCUT2D eigenvalue weighted by Crippen LogP contribution is -2.22. The Labute approximate surface area is 157 Å². The molecule has 6 nitrogen and oxygen atoms in total. The van der Waals surface area contributed by atoms with Crippen molar-refractivity contribution in [3.63, 3.8) is 0 Å². The Bertz CT molecular complexity index is 761. The molecule has 7 heteroatoms. The largest absolute Gasteiger partial charge is 0.495 e. The van der Waals surface area contributed by atoms with Crippen molar-refractivity contribution in [2.75, 3.05) is 25.6 Å². The number of ether oxygens (including phenoxy) is 3. The van der Waals surface area contributed by atoms with Crippen molar-refractivity contribution in [3.8, 4) is 11.5 Å². The second kappa shape index (κ2) is 9.68. The van der Waals surface area contributed by atoms with E-state index in [2.05, 4.69) is 5.32 Å². The van der Waals surface area contributed by atoms with Crippen LogP contribution in [0.15, 0.2) is 42.5 Å². The van der Waals surface area contributed by atoms with Gasteiger partial charge in [0.05, 0.1) is 25.8 Å². The van der Waals surface area contributed by atoms with E-state index in [1.54, 1.807) is 18.2 Å². The summed E-state index contributed by atoms with van der Waals surface area (Å²) in [5, 5.41) is 3.04. The van der Waals surface area contributed by atoms with Crippen molar-refractivity contribution in [1.82, 2.24) is 0 Å². The number of rotatable bonds is 8. The molecular formula is C19H20ClNO5. The van der Waals surface area contributed by atoms with Gasteiger partial charge in [0.2, 0.25) is 0 Å². The van der Waals surface area contributed by atoms with E-state index in [1.165, 1.54) is 7.11 Å². The molecule has 0 radical (unpaired) electrons. The number of carbonyl (C=O) groups is 2. The van der Waals surface area contributed by atoms with Gasteiger partial charge in [-0.3, -0.25) is 9.59 Å². The molecule has 0 aliphatic rings. The van der Waals surface area contributed by atoms with E-state index in [4.69, 9.17) is 25.8 Å². The van der Waals surface area contributed by atoms with Crippen molar-refractivity contribution in [1.29, 1.82) is 0 Å². The number of hydrogen-bond acceptors (Lipinski definition) is 5. The minimum absolute atomic E-state index is 0.0433. The van der Waals surface area contributed by atoms with Crippen LogP contribution in [-0.4, -0.2) is 32.2 Å². The van der Waals surface area contributed by atoms with E-state index in [9.17, 15) is 9.59 Å². The number of anilines is 1. The van der Waals surface area contributed by atoms with E-state index < -0.39 is 18.5 Å². The predicted molar refractivity (Wildman–Crippen MR) is 98.9 cm³/mol. The number of hydrogen-bond donors (Lipinski definition) is 1.